The highest BCUT2D eigenvalue weighted by Crippen LogP contribution is 2.29. The van der Waals surface area contributed by atoms with Gasteiger partial charge in [-0.25, -0.2) is 0 Å². The van der Waals surface area contributed by atoms with E-state index < -0.39 is 0 Å². The highest BCUT2D eigenvalue weighted by Gasteiger charge is 2.19. The average Bonchev–Trinajstić information content (AvgIpc) is 2.92. The SMILES string of the molecule is COc1ccc(NC(=S)NCCN2CCCC2=O)cc1OC. The first kappa shape index (κ1) is 16.4. The van der Waals surface area contributed by atoms with Crippen LogP contribution in [0.25, 0.3) is 0 Å². The molecule has 6 nitrogen and oxygen atoms in total. The van der Waals surface area contributed by atoms with Crippen molar-refractivity contribution < 1.29 is 14.3 Å². The van der Waals surface area contributed by atoms with Gasteiger partial charge in [-0.2, -0.15) is 0 Å². The Bertz CT molecular complexity index is 551. The maximum absolute atomic E-state index is 11.5. The third-order valence-corrected chi connectivity index (χ3v) is 3.73. The third kappa shape index (κ3) is 4.24. The molecule has 1 aliphatic rings. The summed E-state index contributed by atoms with van der Waals surface area (Å²) in [6.45, 7) is 2.15. The highest BCUT2D eigenvalue weighted by atomic mass is 32.1. The van der Waals surface area contributed by atoms with Crippen LogP contribution in [0.4, 0.5) is 5.69 Å². The standard InChI is InChI=1S/C15H21N3O3S/c1-20-12-6-5-11(10-13(12)21-2)17-15(22)16-7-9-18-8-3-4-14(18)19/h5-6,10H,3-4,7-9H2,1-2H3,(H2,16,17,22). The van der Waals surface area contributed by atoms with Gasteiger partial charge in [0.05, 0.1) is 14.2 Å². The van der Waals surface area contributed by atoms with Crippen molar-refractivity contribution in [2.45, 2.75) is 12.8 Å². The number of nitrogens with one attached hydrogen (secondary N) is 2. The number of ether oxygens (including phenoxy) is 2. The van der Waals surface area contributed by atoms with E-state index in [0.29, 0.717) is 36.1 Å². The molecule has 1 heterocycles. The molecule has 1 fully saturated rings. The molecule has 0 saturated carbocycles. The highest BCUT2D eigenvalue weighted by molar-refractivity contribution is 7.80. The summed E-state index contributed by atoms with van der Waals surface area (Å²) in [5.74, 6) is 1.53. The first-order chi connectivity index (χ1) is 10.6. The molecule has 0 radical (unpaired) electrons. The maximum atomic E-state index is 11.5. The van der Waals surface area contributed by atoms with Crippen LogP contribution in [-0.2, 0) is 4.79 Å². The molecular weight excluding hydrogens is 302 g/mol. The van der Waals surface area contributed by atoms with Gasteiger partial charge < -0.3 is 25.0 Å². The van der Waals surface area contributed by atoms with Gasteiger partial charge >= 0.3 is 0 Å². The molecule has 2 rings (SSSR count). The molecule has 0 bridgehead atoms. The molecular formula is C15H21N3O3S. The van der Waals surface area contributed by atoms with Gasteiger partial charge in [0.15, 0.2) is 16.6 Å². The third-order valence-electron chi connectivity index (χ3n) is 3.48. The van der Waals surface area contributed by atoms with Crippen molar-refractivity contribution in [3.8, 4) is 11.5 Å². The van der Waals surface area contributed by atoms with Gasteiger partial charge in [0.1, 0.15) is 0 Å². The average molecular weight is 323 g/mol. The monoisotopic (exact) mass is 323 g/mol. The number of methoxy groups -OCH3 is 2. The van der Waals surface area contributed by atoms with E-state index in [0.717, 1.165) is 18.7 Å². The number of likely N-dealkylation sites (tertiary alicyclic amines) is 1. The van der Waals surface area contributed by atoms with Crippen LogP contribution in [-0.4, -0.2) is 49.8 Å². The predicted molar refractivity (Wildman–Crippen MR) is 89.6 cm³/mol. The lowest BCUT2D eigenvalue weighted by molar-refractivity contribution is -0.127. The minimum absolute atomic E-state index is 0.223. The van der Waals surface area contributed by atoms with Gasteiger partial charge in [-0.05, 0) is 30.8 Å². The number of rotatable bonds is 6. The number of hydrogen-bond acceptors (Lipinski definition) is 4. The molecule has 1 aromatic carbocycles. The predicted octanol–water partition coefficient (Wildman–Crippen LogP) is 1.61. The van der Waals surface area contributed by atoms with E-state index in [1.54, 1.807) is 14.2 Å². The summed E-state index contributed by atoms with van der Waals surface area (Å²) in [6, 6.07) is 5.49. The fraction of sp³-hybridized carbons (Fsp3) is 0.467. The molecule has 0 aliphatic carbocycles. The summed E-state index contributed by atoms with van der Waals surface area (Å²) in [5, 5.41) is 6.70. The number of carbonyl (C=O) groups excluding carboxylic acids is 1. The van der Waals surface area contributed by atoms with Crippen molar-refractivity contribution in [2.24, 2.45) is 0 Å². The van der Waals surface area contributed by atoms with Crippen LogP contribution in [0.15, 0.2) is 18.2 Å². The zero-order valence-electron chi connectivity index (χ0n) is 12.8. The normalized spacial score (nSPS) is 13.9. The Kier molecular flexibility index (Phi) is 5.83. The van der Waals surface area contributed by atoms with E-state index in [1.807, 2.05) is 23.1 Å². The Morgan fingerprint density at radius 1 is 1.32 bits per heavy atom. The Balaban J connectivity index is 1.80. The second-order valence-electron chi connectivity index (χ2n) is 4.94. The molecule has 0 atom stereocenters. The van der Waals surface area contributed by atoms with Gasteiger partial charge in [0.25, 0.3) is 0 Å². The van der Waals surface area contributed by atoms with Gasteiger partial charge in [0.2, 0.25) is 5.91 Å². The molecule has 7 heteroatoms. The van der Waals surface area contributed by atoms with Crippen molar-refractivity contribution in [3.05, 3.63) is 18.2 Å². The van der Waals surface area contributed by atoms with E-state index in [1.165, 1.54) is 0 Å². The van der Waals surface area contributed by atoms with Crippen molar-refractivity contribution in [2.75, 3.05) is 39.2 Å². The van der Waals surface area contributed by atoms with Crippen molar-refractivity contribution >= 4 is 28.9 Å². The zero-order chi connectivity index (χ0) is 15.9. The molecule has 2 N–H and O–H groups in total. The van der Waals surface area contributed by atoms with Crippen LogP contribution in [0, 0.1) is 0 Å². The summed E-state index contributed by atoms with van der Waals surface area (Å²) >= 11 is 5.25. The maximum Gasteiger partial charge on any atom is 0.222 e. The smallest absolute Gasteiger partial charge is 0.222 e. The number of anilines is 1. The molecule has 0 aromatic heterocycles. The number of benzene rings is 1. The fourth-order valence-electron chi connectivity index (χ4n) is 2.33. The Hall–Kier alpha value is -2.02. The molecule has 0 spiro atoms. The summed E-state index contributed by atoms with van der Waals surface area (Å²) in [7, 11) is 3.18. The van der Waals surface area contributed by atoms with Gasteiger partial charge in [-0.3, -0.25) is 4.79 Å². The lowest BCUT2D eigenvalue weighted by Crippen LogP contribution is -2.37. The molecule has 1 saturated heterocycles. The van der Waals surface area contributed by atoms with E-state index >= 15 is 0 Å². The van der Waals surface area contributed by atoms with E-state index in [-0.39, 0.29) is 5.91 Å². The lowest BCUT2D eigenvalue weighted by atomic mass is 10.3. The molecule has 0 unspecified atom stereocenters. The number of thiocarbonyl (C=S) groups is 1. The number of nitrogens with zero attached hydrogens (tertiary/aromatic N) is 1. The van der Waals surface area contributed by atoms with Crippen LogP contribution in [0.2, 0.25) is 0 Å². The molecule has 1 amide bonds. The van der Waals surface area contributed by atoms with Crippen LogP contribution in [0.5, 0.6) is 11.5 Å². The minimum Gasteiger partial charge on any atom is -0.493 e. The quantitative estimate of drug-likeness (QED) is 0.776. The van der Waals surface area contributed by atoms with Crippen LogP contribution in [0.1, 0.15) is 12.8 Å². The van der Waals surface area contributed by atoms with Crippen LogP contribution >= 0.6 is 12.2 Å². The fourth-order valence-corrected chi connectivity index (χ4v) is 2.55. The second kappa shape index (κ2) is 7.84. The molecule has 1 aromatic rings. The van der Waals surface area contributed by atoms with E-state index in [9.17, 15) is 4.79 Å². The Labute approximate surface area is 135 Å². The first-order valence-electron chi connectivity index (χ1n) is 7.18. The Morgan fingerprint density at radius 2 is 2.09 bits per heavy atom. The van der Waals surface area contributed by atoms with Crippen LogP contribution in [0.3, 0.4) is 0 Å². The lowest BCUT2D eigenvalue weighted by Gasteiger charge is -2.17. The molecule has 22 heavy (non-hydrogen) atoms. The number of amides is 1. The van der Waals surface area contributed by atoms with Crippen molar-refractivity contribution in [1.29, 1.82) is 0 Å². The largest absolute Gasteiger partial charge is 0.493 e. The van der Waals surface area contributed by atoms with Crippen molar-refractivity contribution in [1.82, 2.24) is 10.2 Å². The van der Waals surface area contributed by atoms with Gasteiger partial charge in [0, 0.05) is 37.8 Å². The zero-order valence-corrected chi connectivity index (χ0v) is 13.7. The topological polar surface area (TPSA) is 62.8 Å². The minimum atomic E-state index is 0.223. The Morgan fingerprint density at radius 3 is 2.73 bits per heavy atom. The number of carbonyl (C=O) groups is 1. The summed E-state index contributed by atoms with van der Waals surface area (Å²) < 4.78 is 10.4. The summed E-state index contributed by atoms with van der Waals surface area (Å²) in [5.41, 5.74) is 0.812. The summed E-state index contributed by atoms with van der Waals surface area (Å²) in [6.07, 6.45) is 1.61. The first-order valence-corrected chi connectivity index (χ1v) is 7.59. The second-order valence-corrected chi connectivity index (χ2v) is 5.34. The van der Waals surface area contributed by atoms with Crippen molar-refractivity contribution in [3.63, 3.8) is 0 Å². The van der Waals surface area contributed by atoms with Crippen LogP contribution < -0.4 is 20.1 Å². The van der Waals surface area contributed by atoms with Gasteiger partial charge in [-0.15, -0.1) is 0 Å². The van der Waals surface area contributed by atoms with E-state index in [2.05, 4.69) is 10.6 Å². The number of hydrogen-bond donors (Lipinski definition) is 2. The van der Waals surface area contributed by atoms with Gasteiger partial charge in [-0.1, -0.05) is 0 Å². The molecule has 1 aliphatic heterocycles. The molecule has 120 valence electrons. The summed E-state index contributed by atoms with van der Waals surface area (Å²) in [4.78, 5) is 13.3. The van der Waals surface area contributed by atoms with E-state index in [4.69, 9.17) is 21.7 Å².